The number of hydrogen-bond donors (Lipinski definition) is 1. The molecule has 3 unspecified atom stereocenters. The number of fused-ring (bicyclic) bond motifs is 1. The van der Waals surface area contributed by atoms with Crippen LogP contribution in [0.4, 0.5) is 4.79 Å². The van der Waals surface area contributed by atoms with Gasteiger partial charge in [-0.3, -0.25) is 14.6 Å². The summed E-state index contributed by atoms with van der Waals surface area (Å²) in [4.78, 5) is 43.8. The van der Waals surface area contributed by atoms with Gasteiger partial charge in [-0.1, -0.05) is 19.4 Å². The monoisotopic (exact) mass is 490 g/mol. The van der Waals surface area contributed by atoms with E-state index in [2.05, 4.69) is 10.3 Å². The molecule has 0 spiro atoms. The topological polar surface area (TPSA) is 139 Å². The first kappa shape index (κ1) is 23.9. The zero-order chi connectivity index (χ0) is 24.3. The summed E-state index contributed by atoms with van der Waals surface area (Å²) in [6, 6.07) is 2.36. The highest BCUT2D eigenvalue weighted by Crippen LogP contribution is 2.33. The summed E-state index contributed by atoms with van der Waals surface area (Å²) in [7, 11) is -3.79. The van der Waals surface area contributed by atoms with Crippen molar-refractivity contribution in [1.82, 2.24) is 19.5 Å². The third-order valence-electron chi connectivity index (χ3n) is 5.96. The maximum absolute atomic E-state index is 13.3. The SMILES string of the molecule is CCCC(NC(=O)Oc1ccoc1)C(=O)N1CCC2C1C(=O)CN2S(=O)(=O)Cc1cccnc1. The molecule has 0 radical (unpaired) electrons. The number of ketones is 1. The Kier molecular flexibility index (Phi) is 6.98. The molecule has 0 bridgehead atoms. The normalized spacial score (nSPS) is 21.3. The molecule has 2 aliphatic rings. The summed E-state index contributed by atoms with van der Waals surface area (Å²) in [5.41, 5.74) is 0.521. The van der Waals surface area contributed by atoms with Crippen LogP contribution in [-0.4, -0.2) is 71.6 Å². The molecule has 4 heterocycles. The largest absolute Gasteiger partial charge is 0.469 e. The first-order valence-corrected chi connectivity index (χ1v) is 12.6. The second kappa shape index (κ2) is 9.94. The first-order chi connectivity index (χ1) is 16.3. The Morgan fingerprint density at radius 1 is 1.35 bits per heavy atom. The van der Waals surface area contributed by atoms with Crippen molar-refractivity contribution in [2.45, 2.75) is 50.1 Å². The number of hydrogen-bond acceptors (Lipinski definition) is 8. The molecule has 0 aromatic carbocycles. The van der Waals surface area contributed by atoms with E-state index in [4.69, 9.17) is 9.15 Å². The maximum atomic E-state index is 13.3. The highest BCUT2D eigenvalue weighted by Gasteiger charge is 2.54. The van der Waals surface area contributed by atoms with E-state index in [-0.39, 0.29) is 30.4 Å². The summed E-state index contributed by atoms with van der Waals surface area (Å²) >= 11 is 0. The predicted octanol–water partition coefficient (Wildman–Crippen LogP) is 1.32. The second-order valence-corrected chi connectivity index (χ2v) is 10.2. The molecule has 34 heavy (non-hydrogen) atoms. The van der Waals surface area contributed by atoms with E-state index < -0.39 is 40.1 Å². The van der Waals surface area contributed by atoms with E-state index in [1.165, 1.54) is 34.0 Å². The molecule has 2 aromatic rings. The Bertz CT molecular complexity index is 1140. The number of furan rings is 1. The number of likely N-dealkylation sites (tertiary alicyclic amines) is 1. The van der Waals surface area contributed by atoms with E-state index in [1.54, 1.807) is 18.3 Å². The van der Waals surface area contributed by atoms with Gasteiger partial charge in [0.25, 0.3) is 0 Å². The van der Waals surface area contributed by atoms with Crippen molar-refractivity contribution < 1.29 is 32.0 Å². The average Bonchev–Trinajstić information content (AvgIpc) is 3.52. The number of nitrogens with zero attached hydrogens (tertiary/aromatic N) is 3. The van der Waals surface area contributed by atoms with Gasteiger partial charge in [-0.25, -0.2) is 13.2 Å². The molecule has 182 valence electrons. The third kappa shape index (κ3) is 4.97. The van der Waals surface area contributed by atoms with Crippen LogP contribution in [0.1, 0.15) is 31.7 Å². The summed E-state index contributed by atoms with van der Waals surface area (Å²) < 4.78 is 37.3. The van der Waals surface area contributed by atoms with Gasteiger partial charge in [0.05, 0.1) is 24.6 Å². The van der Waals surface area contributed by atoms with Crippen molar-refractivity contribution in [2.75, 3.05) is 13.1 Å². The van der Waals surface area contributed by atoms with Gasteiger partial charge in [-0.15, -0.1) is 0 Å². The molecule has 2 fully saturated rings. The fourth-order valence-electron chi connectivity index (χ4n) is 4.49. The lowest BCUT2D eigenvalue weighted by Crippen LogP contribution is -2.53. The first-order valence-electron chi connectivity index (χ1n) is 11.0. The maximum Gasteiger partial charge on any atom is 0.413 e. The smallest absolute Gasteiger partial charge is 0.413 e. The van der Waals surface area contributed by atoms with Crippen molar-refractivity contribution in [3.63, 3.8) is 0 Å². The molecule has 4 rings (SSSR count). The van der Waals surface area contributed by atoms with Crippen LogP contribution in [0.3, 0.4) is 0 Å². The van der Waals surface area contributed by atoms with Crippen LogP contribution in [0.15, 0.2) is 47.5 Å². The molecule has 0 aliphatic carbocycles. The number of Topliss-reactive ketones (excluding diaryl/α,β-unsaturated/α-hetero) is 1. The number of aromatic nitrogens is 1. The highest BCUT2D eigenvalue weighted by atomic mass is 32.2. The summed E-state index contributed by atoms with van der Waals surface area (Å²) in [6.07, 6.45) is 6.09. The molecule has 2 amide bonds. The lowest BCUT2D eigenvalue weighted by molar-refractivity contribution is -0.138. The Morgan fingerprint density at radius 2 is 2.18 bits per heavy atom. The van der Waals surface area contributed by atoms with Gasteiger partial charge < -0.3 is 19.4 Å². The molecule has 3 atom stereocenters. The van der Waals surface area contributed by atoms with Crippen molar-refractivity contribution in [3.05, 3.63) is 48.7 Å². The molecule has 12 heteroatoms. The van der Waals surface area contributed by atoms with E-state index in [0.29, 0.717) is 24.8 Å². The highest BCUT2D eigenvalue weighted by molar-refractivity contribution is 7.88. The van der Waals surface area contributed by atoms with Crippen molar-refractivity contribution >= 4 is 27.8 Å². The van der Waals surface area contributed by atoms with Gasteiger partial charge in [-0.2, -0.15) is 4.31 Å². The van der Waals surface area contributed by atoms with Crippen LogP contribution in [0, 0.1) is 0 Å². The van der Waals surface area contributed by atoms with E-state index in [1.807, 2.05) is 6.92 Å². The zero-order valence-corrected chi connectivity index (χ0v) is 19.4. The Labute approximate surface area is 197 Å². The molecule has 0 saturated carbocycles. The van der Waals surface area contributed by atoms with Crippen molar-refractivity contribution in [2.24, 2.45) is 0 Å². The molecular weight excluding hydrogens is 464 g/mol. The minimum atomic E-state index is -3.79. The average molecular weight is 491 g/mol. The summed E-state index contributed by atoms with van der Waals surface area (Å²) in [5, 5.41) is 2.56. The Morgan fingerprint density at radius 3 is 2.85 bits per heavy atom. The standard InChI is InChI=1S/C22H26N4O7S/c1-2-4-17(24-22(29)33-16-7-10-32-13-16)21(28)25-9-6-18-20(25)19(27)12-26(18)34(30,31)14-15-5-3-8-23-11-15/h3,5,7-8,10-11,13,17-18,20H,2,4,6,9,12,14H2,1H3,(H,24,29). The zero-order valence-electron chi connectivity index (χ0n) is 18.6. The van der Waals surface area contributed by atoms with Gasteiger partial charge in [0.2, 0.25) is 15.9 Å². The number of pyridine rings is 1. The van der Waals surface area contributed by atoms with Gasteiger partial charge in [0, 0.05) is 25.0 Å². The number of carbonyl (C=O) groups is 3. The fraction of sp³-hybridized carbons (Fsp3) is 0.455. The molecule has 11 nitrogen and oxygen atoms in total. The number of ether oxygens (including phenoxy) is 1. The lowest BCUT2D eigenvalue weighted by atomic mass is 10.1. The van der Waals surface area contributed by atoms with E-state index in [0.717, 1.165) is 0 Å². The minimum Gasteiger partial charge on any atom is -0.469 e. The number of nitrogens with one attached hydrogen (secondary N) is 1. The fourth-order valence-corrected chi connectivity index (χ4v) is 6.21. The van der Waals surface area contributed by atoms with E-state index in [9.17, 15) is 22.8 Å². The van der Waals surface area contributed by atoms with Gasteiger partial charge in [0.1, 0.15) is 18.3 Å². The van der Waals surface area contributed by atoms with Crippen LogP contribution in [0.5, 0.6) is 5.75 Å². The van der Waals surface area contributed by atoms with Gasteiger partial charge in [-0.05, 0) is 24.5 Å². The number of carbonyl (C=O) groups excluding carboxylic acids is 3. The molecule has 2 aromatic heterocycles. The summed E-state index contributed by atoms with van der Waals surface area (Å²) in [6.45, 7) is 1.80. The Hall–Kier alpha value is -3.25. The van der Waals surface area contributed by atoms with Crippen LogP contribution in [0.25, 0.3) is 0 Å². The predicted molar refractivity (Wildman–Crippen MR) is 119 cm³/mol. The number of sulfonamides is 1. The molecule has 1 N–H and O–H groups in total. The lowest BCUT2D eigenvalue weighted by Gasteiger charge is -2.28. The van der Waals surface area contributed by atoms with Gasteiger partial charge in [0.15, 0.2) is 11.5 Å². The molecule has 2 saturated heterocycles. The van der Waals surface area contributed by atoms with Crippen LogP contribution < -0.4 is 10.1 Å². The van der Waals surface area contributed by atoms with E-state index >= 15 is 0 Å². The molecule has 2 aliphatic heterocycles. The quantitative estimate of drug-likeness (QED) is 0.584. The van der Waals surface area contributed by atoms with Crippen LogP contribution >= 0.6 is 0 Å². The van der Waals surface area contributed by atoms with Crippen LogP contribution in [0.2, 0.25) is 0 Å². The second-order valence-electron chi connectivity index (χ2n) is 8.30. The van der Waals surface area contributed by atoms with Crippen molar-refractivity contribution in [3.8, 4) is 5.75 Å². The number of amides is 2. The van der Waals surface area contributed by atoms with Crippen LogP contribution in [-0.2, 0) is 25.4 Å². The van der Waals surface area contributed by atoms with Gasteiger partial charge >= 0.3 is 6.09 Å². The number of rotatable bonds is 8. The van der Waals surface area contributed by atoms with Crippen molar-refractivity contribution in [1.29, 1.82) is 0 Å². The summed E-state index contributed by atoms with van der Waals surface area (Å²) in [5.74, 6) is -0.840. The molecular formula is C22H26N4O7S. The Balaban J connectivity index is 1.46. The third-order valence-corrected chi connectivity index (χ3v) is 7.78. The minimum absolute atomic E-state index is 0.196.